The third-order valence-corrected chi connectivity index (χ3v) is 18.1. The van der Waals surface area contributed by atoms with Gasteiger partial charge in [-0.05, 0) is 57.1 Å². The van der Waals surface area contributed by atoms with Gasteiger partial charge in [-0.15, -0.1) is 0 Å². The van der Waals surface area contributed by atoms with Gasteiger partial charge >= 0.3 is 0 Å². The van der Waals surface area contributed by atoms with Crippen LogP contribution < -0.4 is 26.6 Å². The Morgan fingerprint density at radius 1 is 0.378 bits per heavy atom. The van der Waals surface area contributed by atoms with Crippen LogP contribution in [0.4, 0.5) is 0 Å². The zero-order valence-electron chi connectivity index (χ0n) is 66.1. The lowest BCUT2D eigenvalue weighted by atomic mass is 9.97. The minimum atomic E-state index is -0.687. The number of hydrogen-bond donors (Lipinski definition) is 5. The van der Waals surface area contributed by atoms with E-state index in [1.165, 1.54) is 12.2 Å². The molecule has 4 atom stereocenters. The summed E-state index contributed by atoms with van der Waals surface area (Å²) in [7, 11) is 0. The Morgan fingerprint density at radius 3 is 1.13 bits per heavy atom. The van der Waals surface area contributed by atoms with Gasteiger partial charge < -0.3 is 126 Å². The second kappa shape index (κ2) is 75.5. The van der Waals surface area contributed by atoms with Gasteiger partial charge in [-0.1, -0.05) is 6.42 Å². The van der Waals surface area contributed by atoms with Crippen LogP contribution in [0.1, 0.15) is 90.4 Å². The number of thioether (sulfide) groups is 1. The molecule has 5 N–H and O–H groups in total. The summed E-state index contributed by atoms with van der Waals surface area (Å²) in [5.41, 5.74) is 0. The highest BCUT2D eigenvalue weighted by molar-refractivity contribution is 8.00. The Hall–Kier alpha value is -4.59. The molecule has 0 saturated carbocycles. The smallest absolute Gasteiger partial charge is 0.253 e. The van der Waals surface area contributed by atoms with Gasteiger partial charge in [-0.25, -0.2) is 0 Å². The maximum absolute atomic E-state index is 13.3. The van der Waals surface area contributed by atoms with Crippen LogP contribution in [0.3, 0.4) is 0 Å². The molecule has 3 heterocycles. The Morgan fingerprint density at radius 2 is 0.721 bits per heavy atom. The number of nitrogens with one attached hydrogen (secondary N) is 5. The fraction of sp³-hybridized carbons (Fsp3) is 0.867. The summed E-state index contributed by atoms with van der Waals surface area (Å²) in [4.78, 5) is 98.6. The molecular weight excluding hydrogens is 1480 g/mol. The quantitative estimate of drug-likeness (QED) is 0.0418. The number of Topliss-reactive ketones (excluding diaryl/α,β-unsaturated/α-hetero) is 1. The number of ether oxygens (including phenoxy) is 21. The van der Waals surface area contributed by atoms with Crippen molar-refractivity contribution >= 4 is 58.9 Å². The molecular formula is C75H134N6O29S. The first-order valence-electron chi connectivity index (χ1n) is 39.8. The lowest BCUT2D eigenvalue weighted by molar-refractivity contribution is -0.137. The zero-order chi connectivity index (χ0) is 79.4. The number of fused-ring (bicyclic) bond motifs is 1. The summed E-state index contributed by atoms with van der Waals surface area (Å²) in [5, 5.41) is 15.0. The predicted octanol–water partition coefficient (Wildman–Crippen LogP) is 0.984. The Kier molecular flexibility index (Phi) is 68.4. The van der Waals surface area contributed by atoms with Crippen molar-refractivity contribution in [1.82, 2.24) is 31.5 Å². The fourth-order valence-electron chi connectivity index (χ4n) is 10.6. The number of carbonyl (C=O) groups is 8. The average molecular weight is 1620 g/mol. The zero-order valence-corrected chi connectivity index (χ0v) is 66.9. The van der Waals surface area contributed by atoms with E-state index < -0.39 is 17.9 Å². The lowest BCUT2D eigenvalue weighted by Gasteiger charge is -2.18. The molecule has 7 amide bonds. The molecule has 111 heavy (non-hydrogen) atoms. The number of ketones is 1. The van der Waals surface area contributed by atoms with E-state index >= 15 is 0 Å². The fourth-order valence-corrected chi connectivity index (χ4v) is 12.3. The van der Waals surface area contributed by atoms with Crippen LogP contribution in [0.25, 0.3) is 0 Å². The van der Waals surface area contributed by atoms with E-state index in [1.54, 1.807) is 0 Å². The first-order valence-corrected chi connectivity index (χ1v) is 40.8. The molecule has 3 aliphatic rings. The van der Waals surface area contributed by atoms with E-state index in [0.29, 0.717) is 333 Å². The second-order valence-corrected chi connectivity index (χ2v) is 26.5. The molecule has 4 unspecified atom stereocenters. The minimum absolute atomic E-state index is 0.0239. The van der Waals surface area contributed by atoms with E-state index in [1.807, 2.05) is 18.7 Å². The van der Waals surface area contributed by atoms with Crippen LogP contribution in [-0.4, -0.2) is 379 Å². The van der Waals surface area contributed by atoms with Crippen molar-refractivity contribution in [1.29, 1.82) is 0 Å². The van der Waals surface area contributed by atoms with Gasteiger partial charge in [0, 0.05) is 101 Å². The highest BCUT2D eigenvalue weighted by Gasteiger charge is 2.42. The van der Waals surface area contributed by atoms with Crippen molar-refractivity contribution in [2.24, 2.45) is 5.92 Å². The SMILES string of the molecule is CCOCCOCCOCCCC(=O)C(CCCCNC(=O)CCOCCOCCOCCOCCOCCOCCOCCOCCOCCOCCOCCOCCNC(=O)CCCCC1SCC2CC(=O)NC21)NC(=O)CCOCCOCCOCCOCCOCCOCCNC(=O)CCN1C(=O)C=CC1=O. The number of rotatable bonds is 86. The van der Waals surface area contributed by atoms with Gasteiger partial charge in [0.25, 0.3) is 11.8 Å². The highest BCUT2D eigenvalue weighted by Crippen LogP contribution is 2.39. The molecule has 0 bridgehead atoms. The standard InChI is InChI=1S/C75H134N6O29S/c1-2-90-26-27-96-33-28-91-21-7-9-66(82)65(79-71(86)16-23-93-30-35-98-39-43-102-46-48-103-45-41-100-37-32-95-25-19-78-69(84)14-20-81-73(88)12-13-74(81)89)8-5-6-17-76-70(85)15-22-92-29-34-97-38-42-101-47-50-105-52-54-107-56-58-109-60-61-110-59-57-108-55-53-106-51-49-104-44-40-99-36-31-94-24-18-77-68(83)11-4-3-10-67-75-64(63-111-67)62-72(87)80-75/h12-13,64-65,67,75H,2-11,14-63H2,1H3,(H,76,85)(H,77,83)(H,78,84)(H,79,86)(H,80,87). The molecule has 36 heteroatoms. The molecule has 0 spiro atoms. The van der Waals surface area contributed by atoms with Gasteiger partial charge in [0.15, 0.2) is 5.78 Å². The maximum atomic E-state index is 13.3. The Labute approximate surface area is 660 Å². The molecule has 3 aliphatic heterocycles. The highest BCUT2D eigenvalue weighted by atomic mass is 32.2. The normalized spacial score (nSPS) is 15.6. The molecule has 35 nitrogen and oxygen atoms in total. The van der Waals surface area contributed by atoms with Crippen molar-refractivity contribution in [3.05, 3.63) is 12.2 Å². The van der Waals surface area contributed by atoms with Crippen molar-refractivity contribution in [3.63, 3.8) is 0 Å². The van der Waals surface area contributed by atoms with E-state index in [4.69, 9.17) is 99.5 Å². The largest absolute Gasteiger partial charge is 0.379 e. The molecule has 0 radical (unpaired) electrons. The van der Waals surface area contributed by atoms with Gasteiger partial charge in [0.05, 0.1) is 270 Å². The van der Waals surface area contributed by atoms with Crippen molar-refractivity contribution in [2.75, 3.05) is 309 Å². The predicted molar refractivity (Wildman–Crippen MR) is 406 cm³/mol. The first kappa shape index (κ1) is 101. The number of imide groups is 1. The summed E-state index contributed by atoms with van der Waals surface area (Å²) < 4.78 is 116. The molecule has 644 valence electrons. The number of hydrogen-bond acceptors (Lipinski definition) is 30. The Bertz CT molecular complexity index is 2330. The van der Waals surface area contributed by atoms with Gasteiger partial charge in [0.2, 0.25) is 29.5 Å². The summed E-state index contributed by atoms with van der Waals surface area (Å²) in [6.07, 6.45) is 9.04. The van der Waals surface area contributed by atoms with Crippen LogP contribution in [0, 0.1) is 5.92 Å². The number of amides is 7. The Balaban J connectivity index is 0.998. The summed E-state index contributed by atoms with van der Waals surface area (Å²) in [5.74, 6) is 0.103. The number of unbranched alkanes of at least 4 members (excludes halogenated alkanes) is 2. The number of nitrogens with zero attached hydrogens (tertiary/aromatic N) is 1. The van der Waals surface area contributed by atoms with Crippen LogP contribution in [0.5, 0.6) is 0 Å². The molecule has 3 rings (SSSR count). The molecule has 2 saturated heterocycles. The average Bonchev–Trinajstić information content (AvgIpc) is 1.67. The first-order chi connectivity index (χ1) is 54.6. The molecule has 0 aromatic rings. The summed E-state index contributed by atoms with van der Waals surface area (Å²) >= 11 is 1.96. The summed E-state index contributed by atoms with van der Waals surface area (Å²) in [6, 6.07) is -0.371. The monoisotopic (exact) mass is 1610 g/mol. The molecule has 0 aromatic carbocycles. The molecule has 2 fully saturated rings. The van der Waals surface area contributed by atoms with E-state index in [2.05, 4.69) is 26.6 Å². The van der Waals surface area contributed by atoms with Crippen LogP contribution in [0.2, 0.25) is 0 Å². The van der Waals surface area contributed by atoms with E-state index in [-0.39, 0.29) is 87.4 Å². The second-order valence-electron chi connectivity index (χ2n) is 25.3. The molecule has 0 aromatic heterocycles. The third kappa shape index (κ3) is 61.5. The van der Waals surface area contributed by atoms with Crippen LogP contribution in [0.15, 0.2) is 12.2 Å². The number of carbonyl (C=O) groups excluding carboxylic acids is 8. The van der Waals surface area contributed by atoms with Crippen molar-refractivity contribution in [3.8, 4) is 0 Å². The van der Waals surface area contributed by atoms with Gasteiger partial charge in [0.1, 0.15) is 0 Å². The minimum Gasteiger partial charge on any atom is -0.379 e. The van der Waals surface area contributed by atoms with Crippen molar-refractivity contribution in [2.45, 2.75) is 108 Å². The molecule has 0 aliphatic carbocycles. The maximum Gasteiger partial charge on any atom is 0.253 e. The van der Waals surface area contributed by atoms with Crippen molar-refractivity contribution < 1.29 is 138 Å². The van der Waals surface area contributed by atoms with E-state index in [9.17, 15) is 38.4 Å². The third-order valence-electron chi connectivity index (χ3n) is 16.5. The van der Waals surface area contributed by atoms with Gasteiger partial charge in [-0.2, -0.15) is 11.8 Å². The lowest BCUT2D eigenvalue weighted by Crippen LogP contribution is -2.41. The van der Waals surface area contributed by atoms with E-state index in [0.717, 1.165) is 29.9 Å². The summed E-state index contributed by atoms with van der Waals surface area (Å²) in [6.45, 7) is 20.3. The topological polar surface area (TPSA) is 394 Å². The van der Waals surface area contributed by atoms with Crippen LogP contribution in [-0.2, 0) is 138 Å². The van der Waals surface area contributed by atoms with Gasteiger partial charge in [-0.3, -0.25) is 43.3 Å². The van der Waals surface area contributed by atoms with Crippen LogP contribution >= 0.6 is 11.8 Å².